The molecule has 0 heterocycles. The van der Waals surface area contributed by atoms with Crippen molar-refractivity contribution < 1.29 is 8.76 Å². The van der Waals surface area contributed by atoms with E-state index in [0.29, 0.717) is 0 Å². The van der Waals surface area contributed by atoms with Gasteiger partial charge in [-0.1, -0.05) is 25.7 Å². The summed E-state index contributed by atoms with van der Waals surface area (Å²) < 4.78 is 22.1. The van der Waals surface area contributed by atoms with Crippen molar-refractivity contribution in [1.82, 2.24) is 4.72 Å². The molecule has 0 aromatic carbocycles. The first kappa shape index (κ1) is 10.6. The molecule has 0 spiro atoms. The number of hydrogen-bond acceptors (Lipinski definition) is 1. The minimum absolute atomic E-state index is 0.278. The molecule has 0 saturated heterocycles. The Morgan fingerprint density at radius 3 is 2.50 bits per heavy atom. The smallest absolute Gasteiger partial charge is 0.231 e. The summed E-state index contributed by atoms with van der Waals surface area (Å²) in [5.74, 6) is 1.73. The molecule has 4 atom stereocenters. The second kappa shape index (κ2) is 4.73. The molecule has 0 aromatic rings. The summed E-state index contributed by atoms with van der Waals surface area (Å²) in [6.07, 6.45) is 8.91. The van der Waals surface area contributed by atoms with E-state index in [-0.39, 0.29) is 6.04 Å². The number of fused-ring (bicyclic) bond motifs is 1. The lowest BCUT2D eigenvalue weighted by Gasteiger charge is -2.39. The Hall–Kier alpha value is 0.0700. The van der Waals surface area contributed by atoms with Crippen LogP contribution in [0.1, 0.15) is 44.9 Å². The van der Waals surface area contributed by atoms with Crippen molar-refractivity contribution in [3.05, 3.63) is 0 Å². The van der Waals surface area contributed by atoms with Crippen LogP contribution in [-0.4, -0.2) is 14.8 Å². The van der Waals surface area contributed by atoms with Crippen LogP contribution in [0.25, 0.3) is 0 Å². The summed E-state index contributed by atoms with van der Waals surface area (Å²) in [4.78, 5) is 0. The van der Waals surface area contributed by atoms with Crippen LogP contribution in [0.4, 0.5) is 0 Å². The molecule has 4 heteroatoms. The Balaban J connectivity index is 1.86. The summed E-state index contributed by atoms with van der Waals surface area (Å²) in [6, 6.07) is 0.278. The molecule has 0 aliphatic heterocycles. The van der Waals surface area contributed by atoms with Gasteiger partial charge in [-0.25, -0.2) is 8.93 Å². The second-order valence-electron chi connectivity index (χ2n) is 4.68. The number of nitrogens with one attached hydrogen (secondary N) is 1. The van der Waals surface area contributed by atoms with Gasteiger partial charge in [0.25, 0.3) is 0 Å². The molecule has 2 aliphatic carbocycles. The SMILES string of the molecule is O=S(O)NC1CCC2CCCCC2C1. The van der Waals surface area contributed by atoms with Crippen molar-refractivity contribution in [3.8, 4) is 0 Å². The van der Waals surface area contributed by atoms with Gasteiger partial charge in [0.1, 0.15) is 0 Å². The Labute approximate surface area is 88.1 Å². The van der Waals surface area contributed by atoms with E-state index < -0.39 is 11.3 Å². The standard InChI is InChI=1S/C10H19NO2S/c12-14(13)11-10-6-5-8-3-1-2-4-9(8)7-10/h8-11H,1-7H2,(H,12,13). The van der Waals surface area contributed by atoms with Gasteiger partial charge in [0.05, 0.1) is 0 Å². The summed E-state index contributed by atoms with van der Waals surface area (Å²) >= 11 is -1.83. The maximum Gasteiger partial charge on any atom is 0.231 e. The molecule has 2 saturated carbocycles. The van der Waals surface area contributed by atoms with E-state index >= 15 is 0 Å². The van der Waals surface area contributed by atoms with E-state index in [9.17, 15) is 4.21 Å². The largest absolute Gasteiger partial charge is 0.294 e. The lowest BCUT2D eigenvalue weighted by molar-refractivity contribution is 0.151. The molecule has 0 aromatic heterocycles. The molecule has 4 unspecified atom stereocenters. The average Bonchev–Trinajstić information content (AvgIpc) is 2.17. The maximum absolute atomic E-state index is 10.6. The normalized spacial score (nSPS) is 40.2. The maximum atomic E-state index is 10.6. The monoisotopic (exact) mass is 217 g/mol. The zero-order valence-electron chi connectivity index (χ0n) is 8.45. The molecule has 2 fully saturated rings. The molecule has 3 nitrogen and oxygen atoms in total. The molecule has 2 rings (SSSR count). The Bertz CT molecular complexity index is 222. The zero-order valence-corrected chi connectivity index (χ0v) is 9.26. The minimum Gasteiger partial charge on any atom is -0.294 e. The van der Waals surface area contributed by atoms with E-state index in [1.54, 1.807) is 0 Å². The summed E-state index contributed by atoms with van der Waals surface area (Å²) in [5.41, 5.74) is 0. The molecule has 2 aliphatic rings. The predicted octanol–water partition coefficient (Wildman–Crippen LogP) is 2.07. The Kier molecular flexibility index (Phi) is 3.57. The highest BCUT2D eigenvalue weighted by Crippen LogP contribution is 2.40. The molecule has 0 bridgehead atoms. The minimum atomic E-state index is -1.83. The molecule has 2 N–H and O–H groups in total. The van der Waals surface area contributed by atoms with Crippen LogP contribution >= 0.6 is 0 Å². The van der Waals surface area contributed by atoms with Gasteiger partial charge >= 0.3 is 0 Å². The predicted molar refractivity (Wildman–Crippen MR) is 57.0 cm³/mol. The van der Waals surface area contributed by atoms with E-state index in [1.165, 1.54) is 32.1 Å². The van der Waals surface area contributed by atoms with Crippen molar-refractivity contribution in [2.75, 3.05) is 0 Å². The molecule has 82 valence electrons. The fourth-order valence-corrected chi connectivity index (χ4v) is 3.62. The molecule has 0 radical (unpaired) electrons. The van der Waals surface area contributed by atoms with Crippen LogP contribution in [0.2, 0.25) is 0 Å². The first-order valence-electron chi connectivity index (χ1n) is 5.62. The van der Waals surface area contributed by atoms with Crippen LogP contribution in [0.3, 0.4) is 0 Å². The second-order valence-corrected chi connectivity index (χ2v) is 5.42. The fraction of sp³-hybridized carbons (Fsp3) is 1.00. The quantitative estimate of drug-likeness (QED) is 0.696. The van der Waals surface area contributed by atoms with Gasteiger partial charge < -0.3 is 0 Å². The fourth-order valence-electron chi connectivity index (χ4n) is 3.12. The van der Waals surface area contributed by atoms with E-state index in [0.717, 1.165) is 24.7 Å². The first-order valence-corrected chi connectivity index (χ1v) is 6.73. The van der Waals surface area contributed by atoms with Gasteiger partial charge in [-0.3, -0.25) is 4.55 Å². The van der Waals surface area contributed by atoms with Crippen molar-refractivity contribution >= 4 is 11.3 Å². The average molecular weight is 217 g/mol. The van der Waals surface area contributed by atoms with Crippen LogP contribution in [0.15, 0.2) is 0 Å². The molecule has 14 heavy (non-hydrogen) atoms. The van der Waals surface area contributed by atoms with Crippen LogP contribution in [0.5, 0.6) is 0 Å². The summed E-state index contributed by atoms with van der Waals surface area (Å²) in [7, 11) is 0. The van der Waals surface area contributed by atoms with Crippen LogP contribution in [0, 0.1) is 11.8 Å². The van der Waals surface area contributed by atoms with Gasteiger partial charge in [-0.05, 0) is 31.1 Å². The lowest BCUT2D eigenvalue weighted by Crippen LogP contribution is -2.39. The third-order valence-corrected chi connectivity index (χ3v) is 4.34. The van der Waals surface area contributed by atoms with Crippen molar-refractivity contribution in [2.45, 2.75) is 51.0 Å². The van der Waals surface area contributed by atoms with Crippen molar-refractivity contribution in [2.24, 2.45) is 11.8 Å². The Morgan fingerprint density at radius 2 is 1.79 bits per heavy atom. The molecular weight excluding hydrogens is 198 g/mol. The number of rotatable bonds is 2. The summed E-state index contributed by atoms with van der Waals surface area (Å²) in [5, 5.41) is 0. The van der Waals surface area contributed by atoms with E-state index in [2.05, 4.69) is 4.72 Å². The van der Waals surface area contributed by atoms with E-state index in [4.69, 9.17) is 4.55 Å². The van der Waals surface area contributed by atoms with Gasteiger partial charge in [0, 0.05) is 6.04 Å². The topological polar surface area (TPSA) is 49.3 Å². The highest BCUT2D eigenvalue weighted by molar-refractivity contribution is 7.77. The van der Waals surface area contributed by atoms with Crippen molar-refractivity contribution in [3.63, 3.8) is 0 Å². The first-order chi connectivity index (χ1) is 6.75. The van der Waals surface area contributed by atoms with Crippen LogP contribution in [-0.2, 0) is 11.3 Å². The number of hydrogen-bond donors (Lipinski definition) is 2. The summed E-state index contributed by atoms with van der Waals surface area (Å²) in [6.45, 7) is 0. The van der Waals surface area contributed by atoms with Gasteiger partial charge in [-0.2, -0.15) is 0 Å². The van der Waals surface area contributed by atoms with E-state index in [1.807, 2.05) is 0 Å². The zero-order chi connectivity index (χ0) is 9.97. The highest BCUT2D eigenvalue weighted by Gasteiger charge is 2.32. The Morgan fingerprint density at radius 1 is 1.07 bits per heavy atom. The van der Waals surface area contributed by atoms with Gasteiger partial charge in [0.15, 0.2) is 0 Å². The van der Waals surface area contributed by atoms with Crippen molar-refractivity contribution in [1.29, 1.82) is 0 Å². The molecular formula is C10H19NO2S. The molecule has 0 amide bonds. The third-order valence-electron chi connectivity index (χ3n) is 3.81. The van der Waals surface area contributed by atoms with Gasteiger partial charge in [0.2, 0.25) is 11.3 Å². The van der Waals surface area contributed by atoms with Crippen LogP contribution < -0.4 is 4.72 Å². The third kappa shape index (κ3) is 2.55. The highest BCUT2D eigenvalue weighted by atomic mass is 32.2. The van der Waals surface area contributed by atoms with Gasteiger partial charge in [-0.15, -0.1) is 0 Å². The lowest BCUT2D eigenvalue weighted by atomic mass is 9.70.